The Balaban J connectivity index is 2.06. The van der Waals surface area contributed by atoms with Crippen molar-refractivity contribution in [2.45, 2.75) is 32.9 Å². The van der Waals surface area contributed by atoms with E-state index in [1.165, 1.54) is 30.2 Å². The highest BCUT2D eigenvalue weighted by Crippen LogP contribution is 2.30. The molecule has 0 fully saturated rings. The van der Waals surface area contributed by atoms with Crippen LogP contribution in [0.2, 0.25) is 5.02 Å². The molecule has 1 N–H and O–H groups in total. The molecule has 0 bridgehead atoms. The number of rotatable bonds is 13. The second-order valence-corrected chi connectivity index (χ2v) is 13.3. The summed E-state index contributed by atoms with van der Waals surface area (Å²) < 4.78 is 32.8. The Morgan fingerprint density at radius 1 is 1.00 bits per heavy atom. The third kappa shape index (κ3) is 9.48. The average Bonchev–Trinajstić information content (AvgIpc) is 2.92. The second-order valence-electron chi connectivity index (χ2n) is 10.1. The van der Waals surface area contributed by atoms with Crippen molar-refractivity contribution in [2.75, 3.05) is 30.8 Å². The fourth-order valence-electron chi connectivity index (χ4n) is 4.23. The Kier molecular flexibility index (Phi) is 11.6. The Morgan fingerprint density at radius 3 is 2.27 bits per heavy atom. The predicted molar refractivity (Wildman–Crippen MR) is 167 cm³/mol. The summed E-state index contributed by atoms with van der Waals surface area (Å²) in [5.74, 6) is -0.283. The quantitative estimate of drug-likeness (QED) is 0.268. The number of hydrogen-bond acceptors (Lipinski definition) is 5. The third-order valence-electron chi connectivity index (χ3n) is 6.30. The predicted octanol–water partition coefficient (Wildman–Crippen LogP) is 5.29. The van der Waals surface area contributed by atoms with Crippen molar-refractivity contribution in [3.8, 4) is 5.75 Å². The molecule has 3 rings (SSSR count). The van der Waals surface area contributed by atoms with Crippen molar-refractivity contribution in [3.05, 3.63) is 93.4 Å². The van der Waals surface area contributed by atoms with Crippen molar-refractivity contribution in [3.63, 3.8) is 0 Å². The number of halogens is 2. The molecule has 0 saturated carbocycles. The van der Waals surface area contributed by atoms with E-state index in [-0.39, 0.29) is 35.5 Å². The smallest absolute Gasteiger partial charge is 0.244 e. The van der Waals surface area contributed by atoms with Gasteiger partial charge in [-0.1, -0.05) is 83.8 Å². The Hall–Kier alpha value is -3.08. The lowest BCUT2D eigenvalue weighted by atomic mass is 10.0. The molecule has 11 heteroatoms. The number of methoxy groups -OCH3 is 1. The van der Waals surface area contributed by atoms with Crippen molar-refractivity contribution < 1.29 is 22.7 Å². The molecule has 1 atom stereocenters. The number of carbonyl (C=O) groups excluding carboxylic acids is 2. The summed E-state index contributed by atoms with van der Waals surface area (Å²) in [6.07, 6.45) is 1.27. The van der Waals surface area contributed by atoms with E-state index in [0.29, 0.717) is 12.3 Å². The summed E-state index contributed by atoms with van der Waals surface area (Å²) in [5.41, 5.74) is 1.85. The van der Waals surface area contributed by atoms with Gasteiger partial charge >= 0.3 is 0 Å². The minimum atomic E-state index is -3.91. The highest BCUT2D eigenvalue weighted by molar-refractivity contribution is 9.10. The SMILES string of the molecule is COc1ccc(N(CC(=O)N(Cc2cccc(Br)c2)[C@@H](Cc2ccccc2)C(=O)NCC(C)C)S(C)(=O)=O)cc1Cl. The van der Waals surface area contributed by atoms with Crippen LogP contribution in [0.3, 0.4) is 0 Å². The molecule has 0 heterocycles. The molecular formula is C30H35BrClN3O5S. The van der Waals surface area contributed by atoms with Crippen LogP contribution >= 0.6 is 27.5 Å². The summed E-state index contributed by atoms with van der Waals surface area (Å²) in [6, 6.07) is 20.4. The van der Waals surface area contributed by atoms with E-state index >= 15 is 0 Å². The van der Waals surface area contributed by atoms with Crippen molar-refractivity contribution in [2.24, 2.45) is 5.92 Å². The molecule has 0 radical (unpaired) electrons. The van der Waals surface area contributed by atoms with Crippen LogP contribution in [0.1, 0.15) is 25.0 Å². The Bertz CT molecular complexity index is 1450. The van der Waals surface area contributed by atoms with Crippen LogP contribution in [0.4, 0.5) is 5.69 Å². The first-order valence-corrected chi connectivity index (χ1v) is 16.1. The summed E-state index contributed by atoms with van der Waals surface area (Å²) in [6.45, 7) is 3.97. The Labute approximate surface area is 255 Å². The zero-order valence-corrected chi connectivity index (χ0v) is 26.7. The van der Waals surface area contributed by atoms with Gasteiger partial charge < -0.3 is 15.0 Å². The minimum absolute atomic E-state index is 0.0891. The Morgan fingerprint density at radius 2 is 1.68 bits per heavy atom. The van der Waals surface area contributed by atoms with Gasteiger partial charge in [-0.2, -0.15) is 0 Å². The van der Waals surface area contributed by atoms with Crippen LogP contribution < -0.4 is 14.4 Å². The third-order valence-corrected chi connectivity index (χ3v) is 8.23. The number of anilines is 1. The van der Waals surface area contributed by atoms with E-state index in [9.17, 15) is 18.0 Å². The lowest BCUT2D eigenvalue weighted by Crippen LogP contribution is -2.53. The highest BCUT2D eigenvalue weighted by Gasteiger charge is 2.33. The first kappa shape index (κ1) is 32.4. The number of ether oxygens (including phenoxy) is 1. The number of amides is 2. The largest absolute Gasteiger partial charge is 0.495 e. The molecule has 0 aliphatic carbocycles. The van der Waals surface area contributed by atoms with Crippen molar-refractivity contribution >= 4 is 55.1 Å². The molecule has 220 valence electrons. The molecule has 3 aromatic rings. The average molecular weight is 665 g/mol. The maximum atomic E-state index is 14.1. The highest BCUT2D eigenvalue weighted by atomic mass is 79.9. The molecule has 2 amide bonds. The molecule has 0 spiro atoms. The first-order valence-electron chi connectivity index (χ1n) is 13.1. The number of hydrogen-bond donors (Lipinski definition) is 1. The molecular weight excluding hydrogens is 630 g/mol. The van der Waals surface area contributed by atoms with Gasteiger partial charge in [0.25, 0.3) is 0 Å². The maximum Gasteiger partial charge on any atom is 0.244 e. The fraction of sp³-hybridized carbons (Fsp3) is 0.333. The van der Waals surface area contributed by atoms with Crippen LogP contribution in [-0.4, -0.2) is 57.6 Å². The van der Waals surface area contributed by atoms with E-state index in [0.717, 1.165) is 26.2 Å². The number of benzene rings is 3. The summed E-state index contributed by atoms with van der Waals surface area (Å²) in [5, 5.41) is 3.17. The molecule has 0 aromatic heterocycles. The van der Waals surface area contributed by atoms with Gasteiger partial charge in [0.2, 0.25) is 21.8 Å². The monoisotopic (exact) mass is 663 g/mol. The van der Waals surface area contributed by atoms with Crippen LogP contribution in [0.5, 0.6) is 5.75 Å². The lowest BCUT2D eigenvalue weighted by molar-refractivity contribution is -0.140. The number of carbonyl (C=O) groups is 2. The fourth-order valence-corrected chi connectivity index (χ4v) is 5.77. The van der Waals surface area contributed by atoms with Gasteiger partial charge in [-0.15, -0.1) is 0 Å². The van der Waals surface area contributed by atoms with Gasteiger partial charge in [0.05, 0.1) is 24.1 Å². The van der Waals surface area contributed by atoms with E-state index < -0.39 is 28.5 Å². The van der Waals surface area contributed by atoms with Gasteiger partial charge in [-0.05, 0) is 47.4 Å². The maximum absolute atomic E-state index is 14.1. The topological polar surface area (TPSA) is 96.0 Å². The summed E-state index contributed by atoms with van der Waals surface area (Å²) in [7, 11) is -2.46. The van der Waals surface area contributed by atoms with E-state index in [4.69, 9.17) is 16.3 Å². The zero-order chi connectivity index (χ0) is 30.2. The number of sulfonamides is 1. The molecule has 0 saturated heterocycles. The van der Waals surface area contributed by atoms with Crippen LogP contribution in [-0.2, 0) is 32.6 Å². The van der Waals surface area contributed by atoms with E-state index in [1.54, 1.807) is 0 Å². The standard InChI is InChI=1S/C30H35BrClN3O5S/c1-21(2)18-33-30(37)27(16-22-9-6-5-7-10-22)34(19-23-11-8-12-24(31)15-23)29(36)20-35(41(4,38)39)25-13-14-28(40-3)26(32)17-25/h5-15,17,21,27H,16,18-20H2,1-4H3,(H,33,37)/t27-/m0/s1. The van der Waals surface area contributed by atoms with Gasteiger partial charge in [-0.25, -0.2) is 8.42 Å². The van der Waals surface area contributed by atoms with Gasteiger partial charge in [-0.3, -0.25) is 13.9 Å². The van der Waals surface area contributed by atoms with E-state index in [1.807, 2.05) is 68.4 Å². The summed E-state index contributed by atoms with van der Waals surface area (Å²) >= 11 is 9.76. The van der Waals surface area contributed by atoms with Gasteiger partial charge in [0, 0.05) is 24.0 Å². The molecule has 8 nitrogen and oxygen atoms in total. The van der Waals surface area contributed by atoms with Crippen LogP contribution in [0, 0.1) is 5.92 Å². The lowest BCUT2D eigenvalue weighted by Gasteiger charge is -2.33. The van der Waals surface area contributed by atoms with E-state index in [2.05, 4.69) is 21.2 Å². The second kappa shape index (κ2) is 14.7. The normalized spacial score (nSPS) is 12.1. The van der Waals surface area contributed by atoms with Crippen molar-refractivity contribution in [1.29, 1.82) is 0 Å². The van der Waals surface area contributed by atoms with Crippen LogP contribution in [0.25, 0.3) is 0 Å². The van der Waals surface area contributed by atoms with Crippen molar-refractivity contribution in [1.82, 2.24) is 10.2 Å². The van der Waals surface area contributed by atoms with Gasteiger partial charge in [0.15, 0.2) is 0 Å². The molecule has 41 heavy (non-hydrogen) atoms. The van der Waals surface area contributed by atoms with Gasteiger partial charge in [0.1, 0.15) is 18.3 Å². The minimum Gasteiger partial charge on any atom is -0.495 e. The summed E-state index contributed by atoms with van der Waals surface area (Å²) in [4.78, 5) is 29.2. The molecule has 0 aliphatic rings. The molecule has 0 aliphatic heterocycles. The van der Waals surface area contributed by atoms with Crippen LogP contribution in [0.15, 0.2) is 77.3 Å². The zero-order valence-electron chi connectivity index (χ0n) is 23.5. The molecule has 0 unspecified atom stereocenters. The number of nitrogens with one attached hydrogen (secondary N) is 1. The number of nitrogens with zero attached hydrogens (tertiary/aromatic N) is 2. The molecule has 3 aromatic carbocycles. The first-order chi connectivity index (χ1) is 19.4.